The maximum absolute atomic E-state index is 5.01. The van der Waals surface area contributed by atoms with Gasteiger partial charge in [-0.05, 0) is 0 Å². The highest BCUT2D eigenvalue weighted by atomic mass is 12.7. The molecule has 18 valence electrons. The minimum atomic E-state index is -0.407. The molecule has 8 radical (unpaired) electrons. The fourth-order valence-corrected chi connectivity index (χ4v) is 0.128. The van der Waals surface area contributed by atoms with Crippen molar-refractivity contribution in [3.05, 3.63) is 0 Å². The van der Waals surface area contributed by atoms with Gasteiger partial charge in [0.15, 0.2) is 0 Å². The summed E-state index contributed by atoms with van der Waals surface area (Å²) in [5.74, 6) is 0. The van der Waals surface area contributed by atoms with E-state index < -0.39 is 6.39 Å². The summed E-state index contributed by atoms with van der Waals surface area (Å²) < 4.78 is 0. The summed E-state index contributed by atoms with van der Waals surface area (Å²) in [6.45, 7) is 0. The van der Waals surface area contributed by atoms with Gasteiger partial charge in [-0.1, -0.05) is 0 Å². The smallest absolute Gasteiger partial charge is 0 e. The van der Waals surface area contributed by atoms with E-state index in [1.165, 1.54) is 14.1 Å². The standard InChI is InChI=1S/B6/c1-4-5-6(2)3. The fourth-order valence-electron chi connectivity index (χ4n) is 0.128. The third-order valence-corrected chi connectivity index (χ3v) is 0.333. The van der Waals surface area contributed by atoms with Gasteiger partial charge >= 0.3 is 0 Å². The van der Waals surface area contributed by atoms with Crippen LogP contribution in [0.2, 0.25) is 0 Å². The van der Waals surface area contributed by atoms with Gasteiger partial charge in [0.2, 0.25) is 0 Å². The average Bonchev–Trinajstić information content (AvgIpc) is 1.35. The molecule has 0 aliphatic carbocycles. The first-order valence-corrected chi connectivity index (χ1v) is 1.67. The van der Waals surface area contributed by atoms with E-state index in [0.717, 1.165) is 0 Å². The van der Waals surface area contributed by atoms with Crippen molar-refractivity contribution in [2.24, 2.45) is 0 Å². The molecule has 6 heavy (non-hydrogen) atoms. The lowest BCUT2D eigenvalue weighted by Gasteiger charge is -1.90. The number of hydrogen-bond donors (Lipinski definition) is 0. The molecule has 0 saturated carbocycles. The first-order chi connectivity index (χ1) is 2.77. The van der Waals surface area contributed by atoms with Crippen molar-refractivity contribution >= 4 is 43.7 Å². The molecule has 0 aromatic rings. The van der Waals surface area contributed by atoms with Crippen molar-refractivity contribution in [3.63, 3.8) is 0 Å². The van der Waals surface area contributed by atoms with Crippen LogP contribution in [-0.2, 0) is 0 Å². The Bertz CT molecular complexity index is 21.2. The molecule has 0 spiro atoms. The Hall–Kier alpha value is 0.390. The molecule has 0 unspecified atom stereocenters. The first kappa shape index (κ1) is 6.39. The van der Waals surface area contributed by atoms with E-state index in [1.807, 2.05) is 0 Å². The molecule has 0 aromatic heterocycles. The quantitative estimate of drug-likeness (QED) is 0.318. The van der Waals surface area contributed by atoms with Crippen molar-refractivity contribution in [2.45, 2.75) is 0 Å². The van der Waals surface area contributed by atoms with Gasteiger partial charge in [-0.3, -0.25) is 0 Å². The van der Waals surface area contributed by atoms with Gasteiger partial charge in [-0.15, -0.1) is 0 Å². The van der Waals surface area contributed by atoms with Crippen LogP contribution in [0.4, 0.5) is 0 Å². The van der Waals surface area contributed by atoms with E-state index in [4.69, 9.17) is 23.2 Å². The Morgan fingerprint density at radius 2 is 1.83 bits per heavy atom. The molecule has 0 aliphatic heterocycles. The largest absolute Gasteiger partial charge is 0 e. The summed E-state index contributed by atoms with van der Waals surface area (Å²) in [4.78, 5) is 0. The van der Waals surface area contributed by atoms with Crippen molar-refractivity contribution in [1.82, 2.24) is 0 Å². The van der Waals surface area contributed by atoms with Crippen molar-refractivity contribution in [1.29, 1.82) is 0 Å². The van der Waals surface area contributed by atoms with Crippen LogP contribution >= 0.6 is 0 Å². The summed E-state index contributed by atoms with van der Waals surface area (Å²) in [5, 5.41) is 0. The van der Waals surface area contributed by atoms with Gasteiger partial charge in [-0.25, -0.2) is 0 Å². The Morgan fingerprint density at radius 1 is 1.33 bits per heavy atom. The second kappa shape index (κ2) is 3.58. The molecule has 0 amide bonds. The Balaban J connectivity index is 2.63. The lowest BCUT2D eigenvalue weighted by molar-refractivity contribution is 3.85. The molecule has 0 saturated heterocycles. The maximum atomic E-state index is 5.01. The Labute approximate surface area is 44.5 Å². The zero-order valence-electron chi connectivity index (χ0n) is 3.46. The molecule has 0 aliphatic rings. The Morgan fingerprint density at radius 3 is 1.83 bits per heavy atom. The van der Waals surface area contributed by atoms with Gasteiger partial charge < -0.3 is 0 Å². The molecule has 0 rings (SSSR count). The molecule has 0 N–H and O–H groups in total. The van der Waals surface area contributed by atoms with Gasteiger partial charge in [0.05, 0.1) is 0 Å². The van der Waals surface area contributed by atoms with E-state index in [9.17, 15) is 0 Å². The summed E-state index contributed by atoms with van der Waals surface area (Å²) in [6, 6.07) is 0. The van der Waals surface area contributed by atoms with E-state index in [1.54, 1.807) is 0 Å². The molecule has 0 nitrogen and oxygen atoms in total. The highest BCUT2D eigenvalue weighted by Crippen LogP contribution is 1.52. The fraction of sp³-hybridized carbons (Fsp3) is 0. The highest BCUT2D eigenvalue weighted by Gasteiger charge is 1.90. The van der Waals surface area contributed by atoms with Crippen LogP contribution in [0, 0.1) is 0 Å². The normalized spacial score (nSPS) is 6.67. The van der Waals surface area contributed by atoms with Gasteiger partial charge in [0, 0.05) is 43.7 Å². The second-order valence-electron chi connectivity index (χ2n) is 0.962. The lowest BCUT2D eigenvalue weighted by atomic mass is 8.91. The first-order valence-electron chi connectivity index (χ1n) is 1.67. The molecule has 0 fully saturated rings. The van der Waals surface area contributed by atoms with Crippen LogP contribution in [-0.4, -0.2) is 43.7 Å². The molecular formula is B6. The molecule has 0 aromatic carbocycles. The predicted octanol–water partition coefficient (Wildman–Crippen LogP) is -2.28. The SMILES string of the molecule is [B][B][B]B([B])[B]. The average molecular weight is 64.9 g/mol. The third kappa shape index (κ3) is 4.39. The zero-order valence-corrected chi connectivity index (χ0v) is 3.46. The summed E-state index contributed by atoms with van der Waals surface area (Å²) in [7, 11) is 17.7. The highest BCUT2D eigenvalue weighted by molar-refractivity contribution is 7.66. The summed E-state index contributed by atoms with van der Waals surface area (Å²) >= 11 is 0. The topological polar surface area (TPSA) is 0 Å². The molecule has 0 atom stereocenters. The van der Waals surface area contributed by atoms with E-state index in [2.05, 4.69) is 0 Å². The van der Waals surface area contributed by atoms with E-state index in [-0.39, 0.29) is 0 Å². The second-order valence-corrected chi connectivity index (χ2v) is 0.962. The number of hydrogen-bond acceptors (Lipinski definition) is 0. The minimum absolute atomic E-state index is 0.407. The van der Waals surface area contributed by atoms with Crippen LogP contribution in [0.25, 0.3) is 0 Å². The predicted molar refractivity (Wildman–Crippen MR) is 34.5 cm³/mol. The van der Waals surface area contributed by atoms with Crippen LogP contribution in [0.15, 0.2) is 0 Å². The van der Waals surface area contributed by atoms with E-state index in [0.29, 0.717) is 0 Å². The summed E-state index contributed by atoms with van der Waals surface area (Å²) in [6.07, 6.45) is -0.407. The Kier molecular flexibility index (Phi) is 3.81. The minimum Gasteiger partial charge on any atom is 0 e. The monoisotopic (exact) mass is 66.1 g/mol. The van der Waals surface area contributed by atoms with Gasteiger partial charge in [0.25, 0.3) is 0 Å². The third-order valence-electron chi connectivity index (χ3n) is 0.333. The molecule has 0 bridgehead atoms. The summed E-state index contributed by atoms with van der Waals surface area (Å²) in [5.41, 5.74) is 0. The van der Waals surface area contributed by atoms with Crippen molar-refractivity contribution in [2.75, 3.05) is 0 Å². The van der Waals surface area contributed by atoms with Crippen LogP contribution in [0.3, 0.4) is 0 Å². The zero-order chi connectivity index (χ0) is 4.99. The van der Waals surface area contributed by atoms with Gasteiger partial charge in [-0.2, -0.15) is 0 Å². The van der Waals surface area contributed by atoms with E-state index >= 15 is 0 Å². The lowest BCUT2D eigenvalue weighted by Crippen LogP contribution is -2.28. The van der Waals surface area contributed by atoms with Crippen LogP contribution in [0.1, 0.15) is 0 Å². The van der Waals surface area contributed by atoms with Crippen molar-refractivity contribution < 1.29 is 0 Å². The maximum Gasteiger partial charge on any atom is 0 e. The molecular weight excluding hydrogens is 64.9 g/mol. The molecule has 0 heterocycles. The van der Waals surface area contributed by atoms with Crippen LogP contribution in [0.5, 0.6) is 0 Å². The van der Waals surface area contributed by atoms with Gasteiger partial charge in [0.1, 0.15) is 0 Å². The molecule has 6 heteroatoms. The number of rotatable bonds is 2. The van der Waals surface area contributed by atoms with Crippen molar-refractivity contribution in [3.8, 4) is 0 Å². The van der Waals surface area contributed by atoms with Crippen LogP contribution < -0.4 is 0 Å².